The van der Waals surface area contributed by atoms with Gasteiger partial charge in [-0.25, -0.2) is 0 Å². The molecule has 0 bridgehead atoms. The van der Waals surface area contributed by atoms with Crippen LogP contribution in [0.2, 0.25) is 5.02 Å². The lowest BCUT2D eigenvalue weighted by atomic mass is 10.0. The molecule has 0 fully saturated rings. The van der Waals surface area contributed by atoms with E-state index < -0.39 is 0 Å². The number of hydrogen-bond donors (Lipinski definition) is 0. The summed E-state index contributed by atoms with van der Waals surface area (Å²) in [4.78, 5) is 4.98. The molecule has 2 heterocycles. The minimum atomic E-state index is 0.664. The molecule has 0 aliphatic carbocycles. The number of aromatic nitrogens is 4. The highest BCUT2D eigenvalue weighted by Gasteiger charge is 2.17. The molecule has 3 aromatic carbocycles. The summed E-state index contributed by atoms with van der Waals surface area (Å²) >= 11 is 8.12. The summed E-state index contributed by atoms with van der Waals surface area (Å²) in [7, 11) is 1.72. The summed E-state index contributed by atoms with van der Waals surface area (Å²) in [5, 5.41) is 14.1. The Labute approximate surface area is 201 Å². The fourth-order valence-electron chi connectivity index (χ4n) is 4.02. The number of nitrogens with zero attached hydrogens (tertiary/aromatic N) is 4. The van der Waals surface area contributed by atoms with Crippen LogP contribution in [0.3, 0.4) is 0 Å². The van der Waals surface area contributed by atoms with Crippen LogP contribution in [-0.4, -0.2) is 33.5 Å². The molecule has 0 saturated heterocycles. The van der Waals surface area contributed by atoms with Gasteiger partial charge in [-0.1, -0.05) is 78.0 Å². The van der Waals surface area contributed by atoms with Gasteiger partial charge in [-0.2, -0.15) is 0 Å². The van der Waals surface area contributed by atoms with Gasteiger partial charge in [-0.05, 0) is 30.0 Å². The standard InChI is InChI=1S/C26H23ClN4OS/c1-32-16-8-15-31-25(21-12-4-6-13-22(21)27)29-30-26(31)33-17-24-20-11-3-2-9-18(20)19-10-5-7-14-23(19)28-24/h2-7,9-14H,8,15-17H2,1H3. The van der Waals surface area contributed by atoms with E-state index in [9.17, 15) is 0 Å². The van der Waals surface area contributed by atoms with Gasteiger partial charge in [-0.3, -0.25) is 4.98 Å². The first kappa shape index (κ1) is 21.9. The molecular formula is C26H23ClN4OS. The third kappa shape index (κ3) is 4.47. The van der Waals surface area contributed by atoms with E-state index >= 15 is 0 Å². The minimum Gasteiger partial charge on any atom is -0.385 e. The van der Waals surface area contributed by atoms with Gasteiger partial charge >= 0.3 is 0 Å². The lowest BCUT2D eigenvalue weighted by Crippen LogP contribution is -2.05. The molecule has 33 heavy (non-hydrogen) atoms. The van der Waals surface area contributed by atoms with Crippen molar-refractivity contribution in [2.75, 3.05) is 13.7 Å². The maximum absolute atomic E-state index is 6.47. The van der Waals surface area contributed by atoms with Gasteiger partial charge < -0.3 is 9.30 Å². The van der Waals surface area contributed by atoms with Crippen LogP contribution in [-0.2, 0) is 17.0 Å². The molecule has 2 aromatic heterocycles. The molecule has 0 spiro atoms. The predicted octanol–water partition coefficient (Wildman–Crippen LogP) is 6.63. The van der Waals surface area contributed by atoms with Crippen molar-refractivity contribution in [2.45, 2.75) is 23.9 Å². The number of rotatable bonds is 8. The van der Waals surface area contributed by atoms with Crippen molar-refractivity contribution >= 4 is 45.0 Å². The zero-order valence-electron chi connectivity index (χ0n) is 18.2. The Morgan fingerprint density at radius 1 is 0.879 bits per heavy atom. The zero-order valence-corrected chi connectivity index (χ0v) is 19.8. The molecule has 5 rings (SSSR count). The fourth-order valence-corrected chi connectivity index (χ4v) is 5.16. The van der Waals surface area contributed by atoms with E-state index in [1.807, 2.05) is 30.3 Å². The van der Waals surface area contributed by atoms with E-state index in [1.165, 1.54) is 16.2 Å². The van der Waals surface area contributed by atoms with Crippen LogP contribution in [0.5, 0.6) is 0 Å². The van der Waals surface area contributed by atoms with Gasteiger partial charge in [0.1, 0.15) is 0 Å². The average molecular weight is 475 g/mol. The summed E-state index contributed by atoms with van der Waals surface area (Å²) < 4.78 is 7.40. The molecule has 0 saturated carbocycles. The normalized spacial score (nSPS) is 11.5. The molecule has 0 amide bonds. The zero-order chi connectivity index (χ0) is 22.6. The first-order valence-electron chi connectivity index (χ1n) is 10.8. The highest BCUT2D eigenvalue weighted by atomic mass is 35.5. The van der Waals surface area contributed by atoms with Crippen LogP contribution in [0.4, 0.5) is 0 Å². The van der Waals surface area contributed by atoms with Gasteiger partial charge in [0.2, 0.25) is 0 Å². The van der Waals surface area contributed by atoms with E-state index in [-0.39, 0.29) is 0 Å². The smallest absolute Gasteiger partial charge is 0.191 e. The molecular weight excluding hydrogens is 452 g/mol. The van der Waals surface area contributed by atoms with Crippen LogP contribution >= 0.6 is 23.4 Å². The van der Waals surface area contributed by atoms with Crippen molar-refractivity contribution in [1.82, 2.24) is 19.7 Å². The van der Waals surface area contributed by atoms with E-state index in [4.69, 9.17) is 21.3 Å². The maximum atomic E-state index is 6.47. The number of methoxy groups -OCH3 is 1. The van der Waals surface area contributed by atoms with Crippen LogP contribution in [0, 0.1) is 0 Å². The van der Waals surface area contributed by atoms with Crippen molar-refractivity contribution in [3.63, 3.8) is 0 Å². The van der Waals surface area contributed by atoms with Gasteiger partial charge in [0.05, 0.1) is 16.2 Å². The summed E-state index contributed by atoms with van der Waals surface area (Å²) in [5.74, 6) is 1.46. The highest BCUT2D eigenvalue weighted by Crippen LogP contribution is 2.33. The number of para-hydroxylation sites is 1. The number of fused-ring (bicyclic) bond motifs is 3. The quantitative estimate of drug-likeness (QED) is 0.143. The molecule has 0 unspecified atom stereocenters. The Kier molecular flexibility index (Phi) is 6.58. The Balaban J connectivity index is 1.51. The monoisotopic (exact) mass is 474 g/mol. The minimum absolute atomic E-state index is 0.664. The van der Waals surface area contributed by atoms with Gasteiger partial charge in [0.15, 0.2) is 11.0 Å². The number of pyridine rings is 1. The fraction of sp³-hybridized carbons (Fsp3) is 0.192. The molecule has 5 aromatic rings. The average Bonchev–Trinajstić information content (AvgIpc) is 3.25. The number of hydrogen-bond acceptors (Lipinski definition) is 5. The summed E-state index contributed by atoms with van der Waals surface area (Å²) in [5.41, 5.74) is 2.93. The third-order valence-electron chi connectivity index (χ3n) is 5.59. The van der Waals surface area contributed by atoms with Crippen molar-refractivity contribution in [3.8, 4) is 11.4 Å². The summed E-state index contributed by atoms with van der Waals surface area (Å²) in [6, 6.07) is 24.5. The lowest BCUT2D eigenvalue weighted by Gasteiger charge is -2.12. The van der Waals surface area contributed by atoms with Gasteiger partial charge in [0, 0.05) is 42.4 Å². The lowest BCUT2D eigenvalue weighted by molar-refractivity contribution is 0.189. The predicted molar refractivity (Wildman–Crippen MR) is 136 cm³/mol. The van der Waals surface area contributed by atoms with Crippen LogP contribution in [0.1, 0.15) is 12.1 Å². The van der Waals surface area contributed by atoms with E-state index in [0.29, 0.717) is 17.4 Å². The summed E-state index contributed by atoms with van der Waals surface area (Å²) in [6.07, 6.45) is 0.858. The van der Waals surface area contributed by atoms with Crippen molar-refractivity contribution < 1.29 is 4.74 Å². The SMILES string of the molecule is COCCCn1c(SCc2nc3ccccc3c3ccccc23)nnc1-c1ccccc1Cl. The molecule has 5 nitrogen and oxygen atoms in total. The largest absolute Gasteiger partial charge is 0.385 e. The molecule has 0 N–H and O–H groups in total. The number of ether oxygens (including phenoxy) is 1. The molecule has 0 radical (unpaired) electrons. The molecule has 7 heteroatoms. The first-order chi connectivity index (χ1) is 16.3. The van der Waals surface area contributed by atoms with Crippen molar-refractivity contribution in [2.24, 2.45) is 0 Å². The molecule has 0 aliphatic heterocycles. The third-order valence-corrected chi connectivity index (χ3v) is 6.89. The second-order valence-corrected chi connectivity index (χ2v) is 9.04. The Hall–Kier alpha value is -2.93. The number of benzene rings is 3. The van der Waals surface area contributed by atoms with E-state index in [1.54, 1.807) is 18.9 Å². The Morgan fingerprint density at radius 2 is 1.61 bits per heavy atom. The topological polar surface area (TPSA) is 52.8 Å². The first-order valence-corrected chi connectivity index (χ1v) is 12.2. The Morgan fingerprint density at radius 3 is 2.42 bits per heavy atom. The summed E-state index contributed by atoms with van der Waals surface area (Å²) in [6.45, 7) is 1.41. The van der Waals surface area contributed by atoms with Gasteiger partial charge in [-0.15, -0.1) is 10.2 Å². The second-order valence-electron chi connectivity index (χ2n) is 7.69. The Bertz CT molecular complexity index is 1420. The van der Waals surface area contributed by atoms with Gasteiger partial charge in [0.25, 0.3) is 0 Å². The number of thioether (sulfide) groups is 1. The maximum Gasteiger partial charge on any atom is 0.191 e. The van der Waals surface area contributed by atoms with E-state index in [2.05, 4.69) is 57.2 Å². The van der Waals surface area contributed by atoms with Crippen LogP contribution in [0.15, 0.2) is 78.0 Å². The van der Waals surface area contributed by atoms with Crippen molar-refractivity contribution in [3.05, 3.63) is 83.5 Å². The van der Waals surface area contributed by atoms with E-state index in [0.717, 1.165) is 40.7 Å². The highest BCUT2D eigenvalue weighted by molar-refractivity contribution is 7.98. The van der Waals surface area contributed by atoms with Crippen LogP contribution < -0.4 is 0 Å². The second kappa shape index (κ2) is 9.91. The molecule has 0 aliphatic rings. The number of halogens is 1. The molecule has 166 valence electrons. The van der Waals surface area contributed by atoms with Crippen LogP contribution in [0.25, 0.3) is 33.1 Å². The van der Waals surface area contributed by atoms with Crippen molar-refractivity contribution in [1.29, 1.82) is 0 Å². The molecule has 0 atom stereocenters.